The van der Waals surface area contributed by atoms with Crippen molar-refractivity contribution in [3.63, 3.8) is 0 Å². The first-order valence-corrected chi connectivity index (χ1v) is 6.77. The molecule has 0 heterocycles. The number of benzene rings is 2. The van der Waals surface area contributed by atoms with Crippen molar-refractivity contribution in [3.05, 3.63) is 58.4 Å². The summed E-state index contributed by atoms with van der Waals surface area (Å²) in [6, 6.07) is 9.51. The van der Waals surface area contributed by atoms with E-state index in [9.17, 15) is 9.50 Å². The summed E-state index contributed by atoms with van der Waals surface area (Å²) in [7, 11) is 3.06. The average molecular weight is 311 g/mol. The Kier molecular flexibility index (Phi) is 5.04. The van der Waals surface area contributed by atoms with E-state index < -0.39 is 11.9 Å². The molecule has 1 N–H and O–H groups in total. The van der Waals surface area contributed by atoms with E-state index in [4.69, 9.17) is 21.1 Å². The molecule has 2 aromatic rings. The van der Waals surface area contributed by atoms with Gasteiger partial charge in [0.1, 0.15) is 5.82 Å². The van der Waals surface area contributed by atoms with Crippen LogP contribution in [0.3, 0.4) is 0 Å². The maximum Gasteiger partial charge on any atom is 0.161 e. The van der Waals surface area contributed by atoms with Gasteiger partial charge in [0.15, 0.2) is 11.5 Å². The number of halogens is 2. The highest BCUT2D eigenvalue weighted by atomic mass is 35.5. The lowest BCUT2D eigenvalue weighted by Gasteiger charge is -2.14. The highest BCUT2D eigenvalue weighted by Crippen LogP contribution is 2.31. The third-order valence-corrected chi connectivity index (χ3v) is 3.46. The number of aliphatic hydroxyl groups excluding tert-OH is 1. The van der Waals surface area contributed by atoms with Crippen LogP contribution in [0.5, 0.6) is 11.5 Å². The monoisotopic (exact) mass is 310 g/mol. The van der Waals surface area contributed by atoms with Crippen LogP contribution in [-0.4, -0.2) is 19.3 Å². The Balaban J connectivity index is 2.21. The third kappa shape index (κ3) is 3.65. The molecule has 2 rings (SSSR count). The number of methoxy groups -OCH3 is 2. The average Bonchev–Trinajstić information content (AvgIpc) is 2.49. The topological polar surface area (TPSA) is 38.7 Å². The molecule has 3 nitrogen and oxygen atoms in total. The molecule has 0 fully saturated rings. The number of hydrogen-bond acceptors (Lipinski definition) is 3. The smallest absolute Gasteiger partial charge is 0.161 e. The van der Waals surface area contributed by atoms with Crippen LogP contribution >= 0.6 is 11.6 Å². The van der Waals surface area contributed by atoms with E-state index in [1.807, 2.05) is 0 Å². The predicted molar refractivity (Wildman–Crippen MR) is 79.6 cm³/mol. The minimum Gasteiger partial charge on any atom is -0.493 e. The van der Waals surface area contributed by atoms with E-state index in [0.717, 1.165) is 0 Å². The molecule has 0 amide bonds. The highest BCUT2D eigenvalue weighted by Gasteiger charge is 2.14. The van der Waals surface area contributed by atoms with Crippen molar-refractivity contribution in [2.45, 2.75) is 12.5 Å². The molecule has 0 spiro atoms. The Morgan fingerprint density at radius 1 is 1.10 bits per heavy atom. The fraction of sp³-hybridized carbons (Fsp3) is 0.250. The van der Waals surface area contributed by atoms with Gasteiger partial charge in [-0.05, 0) is 35.4 Å². The number of hydrogen-bond donors (Lipinski definition) is 1. The molecule has 0 aromatic heterocycles. The number of aliphatic hydroxyl groups is 1. The van der Waals surface area contributed by atoms with E-state index >= 15 is 0 Å². The molecule has 0 radical (unpaired) electrons. The van der Waals surface area contributed by atoms with Gasteiger partial charge in [-0.25, -0.2) is 4.39 Å². The minimum atomic E-state index is -0.847. The van der Waals surface area contributed by atoms with Gasteiger partial charge in [0.25, 0.3) is 0 Å². The van der Waals surface area contributed by atoms with Crippen molar-refractivity contribution < 1.29 is 19.0 Å². The van der Waals surface area contributed by atoms with Crippen molar-refractivity contribution >= 4 is 11.6 Å². The zero-order valence-electron chi connectivity index (χ0n) is 11.8. The molecule has 0 aliphatic rings. The van der Waals surface area contributed by atoms with Crippen LogP contribution in [0.25, 0.3) is 0 Å². The summed E-state index contributed by atoms with van der Waals surface area (Å²) in [5.74, 6) is 0.666. The third-order valence-electron chi connectivity index (χ3n) is 3.22. The highest BCUT2D eigenvalue weighted by molar-refractivity contribution is 6.30. The summed E-state index contributed by atoms with van der Waals surface area (Å²) in [6.07, 6.45) is -0.696. The van der Waals surface area contributed by atoms with Gasteiger partial charge in [0, 0.05) is 11.4 Å². The second kappa shape index (κ2) is 6.78. The quantitative estimate of drug-likeness (QED) is 0.913. The number of rotatable bonds is 5. The summed E-state index contributed by atoms with van der Waals surface area (Å²) in [6.45, 7) is 0. The van der Waals surface area contributed by atoms with E-state index in [-0.39, 0.29) is 6.42 Å². The van der Waals surface area contributed by atoms with Crippen LogP contribution in [0, 0.1) is 5.82 Å². The molecular formula is C16H16ClFO3. The van der Waals surface area contributed by atoms with Crippen molar-refractivity contribution in [2.75, 3.05) is 14.2 Å². The lowest BCUT2D eigenvalue weighted by molar-refractivity contribution is 0.176. The Bertz CT molecular complexity index is 631. The van der Waals surface area contributed by atoms with Crippen LogP contribution < -0.4 is 9.47 Å². The molecule has 1 unspecified atom stereocenters. The molecule has 0 saturated carbocycles. The Morgan fingerprint density at radius 3 is 2.43 bits per heavy atom. The Labute approximate surface area is 127 Å². The van der Waals surface area contributed by atoms with Gasteiger partial charge in [0.2, 0.25) is 0 Å². The molecule has 21 heavy (non-hydrogen) atoms. The van der Waals surface area contributed by atoms with Crippen LogP contribution in [0.4, 0.5) is 4.39 Å². The lowest BCUT2D eigenvalue weighted by atomic mass is 10.0. The summed E-state index contributed by atoms with van der Waals surface area (Å²) >= 11 is 5.71. The van der Waals surface area contributed by atoms with E-state index in [1.54, 1.807) is 30.3 Å². The maximum absolute atomic E-state index is 13.8. The zero-order valence-corrected chi connectivity index (χ0v) is 12.5. The summed E-state index contributed by atoms with van der Waals surface area (Å²) < 4.78 is 24.1. The Morgan fingerprint density at radius 2 is 1.81 bits per heavy atom. The van der Waals surface area contributed by atoms with Crippen molar-refractivity contribution in [2.24, 2.45) is 0 Å². The molecule has 0 saturated heterocycles. The molecule has 112 valence electrons. The normalized spacial score (nSPS) is 12.0. The standard InChI is InChI=1S/C16H16ClFO3/c1-20-15-6-4-11(8-16(15)21-2)14(19)7-10-3-5-12(17)9-13(10)18/h3-6,8-9,14,19H,7H2,1-2H3. The summed E-state index contributed by atoms with van der Waals surface area (Å²) in [5.41, 5.74) is 1.03. The van der Waals surface area contributed by atoms with Crippen LogP contribution in [-0.2, 0) is 6.42 Å². The minimum absolute atomic E-state index is 0.151. The van der Waals surface area contributed by atoms with Crippen molar-refractivity contribution in [3.8, 4) is 11.5 Å². The lowest BCUT2D eigenvalue weighted by Crippen LogP contribution is -2.04. The fourth-order valence-corrected chi connectivity index (χ4v) is 2.23. The van der Waals surface area contributed by atoms with Gasteiger partial charge in [-0.3, -0.25) is 0 Å². The maximum atomic E-state index is 13.8. The second-order valence-electron chi connectivity index (χ2n) is 4.57. The van der Waals surface area contributed by atoms with Gasteiger partial charge in [-0.1, -0.05) is 23.7 Å². The van der Waals surface area contributed by atoms with Crippen LogP contribution in [0.2, 0.25) is 5.02 Å². The first-order valence-electron chi connectivity index (χ1n) is 6.39. The van der Waals surface area contributed by atoms with Gasteiger partial charge in [-0.15, -0.1) is 0 Å². The summed E-state index contributed by atoms with van der Waals surface area (Å²) in [5, 5.41) is 10.6. The molecular weight excluding hydrogens is 295 g/mol. The van der Waals surface area contributed by atoms with Gasteiger partial charge < -0.3 is 14.6 Å². The van der Waals surface area contributed by atoms with E-state index in [2.05, 4.69) is 0 Å². The van der Waals surface area contributed by atoms with Gasteiger partial charge in [-0.2, -0.15) is 0 Å². The SMILES string of the molecule is COc1ccc(C(O)Cc2ccc(Cl)cc2F)cc1OC. The second-order valence-corrected chi connectivity index (χ2v) is 5.01. The van der Waals surface area contributed by atoms with Crippen LogP contribution in [0.1, 0.15) is 17.2 Å². The van der Waals surface area contributed by atoms with E-state index in [0.29, 0.717) is 27.6 Å². The Hall–Kier alpha value is -1.78. The first-order chi connectivity index (χ1) is 10.0. The van der Waals surface area contributed by atoms with Crippen molar-refractivity contribution in [1.29, 1.82) is 0 Å². The van der Waals surface area contributed by atoms with Gasteiger partial charge in [0.05, 0.1) is 20.3 Å². The molecule has 5 heteroatoms. The largest absolute Gasteiger partial charge is 0.493 e. The predicted octanol–water partition coefficient (Wildman–Crippen LogP) is 3.77. The fourth-order valence-electron chi connectivity index (χ4n) is 2.07. The first kappa shape index (κ1) is 15.6. The molecule has 0 aliphatic heterocycles. The van der Waals surface area contributed by atoms with Gasteiger partial charge >= 0.3 is 0 Å². The van der Waals surface area contributed by atoms with E-state index in [1.165, 1.54) is 20.3 Å². The van der Waals surface area contributed by atoms with Crippen LogP contribution in [0.15, 0.2) is 36.4 Å². The molecule has 0 aliphatic carbocycles. The van der Waals surface area contributed by atoms with Crippen molar-refractivity contribution in [1.82, 2.24) is 0 Å². The molecule has 0 bridgehead atoms. The molecule has 2 aromatic carbocycles. The number of ether oxygens (including phenoxy) is 2. The summed E-state index contributed by atoms with van der Waals surface area (Å²) in [4.78, 5) is 0. The molecule has 1 atom stereocenters. The zero-order chi connectivity index (χ0) is 15.4.